The van der Waals surface area contributed by atoms with E-state index in [9.17, 15) is 9.90 Å². The van der Waals surface area contributed by atoms with Crippen molar-refractivity contribution in [3.63, 3.8) is 0 Å². The molecule has 0 aromatic carbocycles. The lowest BCUT2D eigenvalue weighted by Gasteiger charge is -2.20. The molecule has 112 valence electrons. The minimum absolute atomic E-state index is 0.0288. The average Bonchev–Trinajstić information content (AvgIpc) is 2.95. The Morgan fingerprint density at radius 2 is 2.30 bits per heavy atom. The minimum Gasteiger partial charge on any atom is -0.468 e. The van der Waals surface area contributed by atoms with Gasteiger partial charge in [-0.3, -0.25) is 9.69 Å². The molecule has 6 heteroatoms. The van der Waals surface area contributed by atoms with Crippen LogP contribution in [0.2, 0.25) is 0 Å². The fourth-order valence-electron chi connectivity index (χ4n) is 2.34. The van der Waals surface area contributed by atoms with Crippen LogP contribution in [0.15, 0.2) is 5.38 Å². The van der Waals surface area contributed by atoms with Crippen molar-refractivity contribution in [2.24, 2.45) is 0 Å². The van der Waals surface area contributed by atoms with Crippen molar-refractivity contribution in [2.45, 2.75) is 51.3 Å². The van der Waals surface area contributed by atoms with Gasteiger partial charge in [0.1, 0.15) is 11.0 Å². The molecule has 1 aromatic rings. The Morgan fingerprint density at radius 3 is 2.85 bits per heavy atom. The summed E-state index contributed by atoms with van der Waals surface area (Å²) in [6.45, 7) is 7.45. The zero-order valence-electron chi connectivity index (χ0n) is 12.4. The predicted molar refractivity (Wildman–Crippen MR) is 77.7 cm³/mol. The Balaban J connectivity index is 2.08. The van der Waals surface area contributed by atoms with Crippen LogP contribution in [0.1, 0.15) is 37.9 Å². The molecule has 0 aliphatic carbocycles. The van der Waals surface area contributed by atoms with E-state index in [0.29, 0.717) is 19.5 Å². The van der Waals surface area contributed by atoms with Crippen molar-refractivity contribution in [1.82, 2.24) is 9.88 Å². The van der Waals surface area contributed by atoms with Gasteiger partial charge in [-0.25, -0.2) is 4.98 Å². The zero-order valence-corrected chi connectivity index (χ0v) is 13.2. The van der Waals surface area contributed by atoms with E-state index < -0.39 is 6.10 Å². The monoisotopic (exact) mass is 298 g/mol. The molecule has 0 saturated carbocycles. The second-order valence-electron chi connectivity index (χ2n) is 6.23. The number of rotatable bonds is 3. The van der Waals surface area contributed by atoms with Gasteiger partial charge >= 0.3 is 5.97 Å². The van der Waals surface area contributed by atoms with Crippen molar-refractivity contribution in [3.05, 3.63) is 16.1 Å². The number of aliphatic hydroxyl groups excluding tert-OH is 1. The molecule has 2 rings (SSSR count). The summed E-state index contributed by atoms with van der Waals surface area (Å²) in [5, 5.41) is 12.8. The highest BCUT2D eigenvalue weighted by Gasteiger charge is 2.37. The highest BCUT2D eigenvalue weighted by Crippen LogP contribution is 2.27. The van der Waals surface area contributed by atoms with Gasteiger partial charge in [-0.1, -0.05) is 20.8 Å². The molecule has 2 heterocycles. The number of carbonyl (C=O) groups is 1. The molecule has 1 fully saturated rings. The van der Waals surface area contributed by atoms with E-state index >= 15 is 0 Å². The lowest BCUT2D eigenvalue weighted by molar-refractivity contribution is -0.146. The second kappa shape index (κ2) is 5.79. The van der Waals surface area contributed by atoms with Gasteiger partial charge in [-0.05, 0) is 0 Å². The maximum absolute atomic E-state index is 11.7. The predicted octanol–water partition coefficient (Wildman–Crippen LogP) is 1.55. The number of thiazole rings is 1. The van der Waals surface area contributed by atoms with Crippen LogP contribution in [-0.4, -0.2) is 46.8 Å². The molecule has 0 bridgehead atoms. The first-order valence-corrected chi connectivity index (χ1v) is 7.64. The van der Waals surface area contributed by atoms with Gasteiger partial charge in [-0.2, -0.15) is 0 Å². The molecule has 1 aromatic heterocycles. The molecular weight excluding hydrogens is 276 g/mol. The lowest BCUT2D eigenvalue weighted by atomic mass is 9.93. The van der Waals surface area contributed by atoms with Crippen LogP contribution in [-0.2, 0) is 21.5 Å². The smallest absolute Gasteiger partial charge is 0.323 e. The van der Waals surface area contributed by atoms with Crippen LogP contribution in [0.3, 0.4) is 0 Å². The molecule has 5 nitrogen and oxygen atoms in total. The first kappa shape index (κ1) is 15.4. The van der Waals surface area contributed by atoms with E-state index in [-0.39, 0.29) is 17.4 Å². The van der Waals surface area contributed by atoms with Gasteiger partial charge in [-0.15, -0.1) is 11.3 Å². The molecule has 1 aliphatic rings. The number of likely N-dealkylation sites (tertiary alicyclic amines) is 1. The third-order valence-corrected chi connectivity index (χ3v) is 4.35. The third-order valence-electron chi connectivity index (χ3n) is 3.51. The van der Waals surface area contributed by atoms with E-state index in [2.05, 4.69) is 31.1 Å². The van der Waals surface area contributed by atoms with Crippen molar-refractivity contribution in [1.29, 1.82) is 0 Å². The third kappa shape index (κ3) is 3.37. The zero-order chi connectivity index (χ0) is 14.9. The number of β-amino-alcohol motifs (C(OH)–C–C–N with tert-alkyl or cyclic N) is 1. The number of ether oxygens (including phenoxy) is 1. The fraction of sp³-hybridized carbons (Fsp3) is 0.714. The molecule has 20 heavy (non-hydrogen) atoms. The number of hydrogen-bond acceptors (Lipinski definition) is 6. The summed E-state index contributed by atoms with van der Waals surface area (Å²) >= 11 is 1.60. The van der Waals surface area contributed by atoms with Crippen molar-refractivity contribution < 1.29 is 14.6 Å². The summed E-state index contributed by atoms with van der Waals surface area (Å²) in [6, 6.07) is -0.364. The Bertz CT molecular complexity index is 481. The van der Waals surface area contributed by atoms with Crippen molar-refractivity contribution in [2.75, 3.05) is 13.7 Å². The maximum atomic E-state index is 11.7. The molecule has 2 atom stereocenters. The summed E-state index contributed by atoms with van der Waals surface area (Å²) in [4.78, 5) is 18.3. The van der Waals surface area contributed by atoms with Crippen molar-refractivity contribution in [3.8, 4) is 0 Å². The quantitative estimate of drug-likeness (QED) is 0.858. The van der Waals surface area contributed by atoms with Gasteiger partial charge in [0, 0.05) is 23.8 Å². The molecule has 1 N–H and O–H groups in total. The second-order valence-corrected chi connectivity index (χ2v) is 7.18. The van der Waals surface area contributed by atoms with E-state index in [1.165, 1.54) is 7.11 Å². The maximum Gasteiger partial charge on any atom is 0.323 e. The van der Waals surface area contributed by atoms with Gasteiger partial charge in [0.15, 0.2) is 0 Å². The summed E-state index contributed by atoms with van der Waals surface area (Å²) < 4.78 is 4.80. The largest absolute Gasteiger partial charge is 0.468 e. The van der Waals surface area contributed by atoms with E-state index in [1.807, 2.05) is 4.90 Å². The number of esters is 1. The normalized spacial score (nSPS) is 24.1. The Hall–Kier alpha value is -0.980. The van der Waals surface area contributed by atoms with Gasteiger partial charge < -0.3 is 9.84 Å². The highest BCUT2D eigenvalue weighted by atomic mass is 32.1. The lowest BCUT2D eigenvalue weighted by Crippen LogP contribution is -2.36. The minimum atomic E-state index is -0.471. The number of carbonyl (C=O) groups excluding carboxylic acids is 1. The van der Waals surface area contributed by atoms with Crippen LogP contribution < -0.4 is 0 Å². The Labute approximate surface area is 123 Å². The number of hydrogen-bond donors (Lipinski definition) is 1. The molecular formula is C14H22N2O3S. The van der Waals surface area contributed by atoms with Crippen LogP contribution in [0.25, 0.3) is 0 Å². The van der Waals surface area contributed by atoms with E-state index in [4.69, 9.17) is 4.74 Å². The molecule has 0 unspecified atom stereocenters. The van der Waals surface area contributed by atoms with Gasteiger partial charge in [0.25, 0.3) is 0 Å². The Morgan fingerprint density at radius 1 is 1.60 bits per heavy atom. The summed E-state index contributed by atoms with van der Waals surface area (Å²) in [5.74, 6) is -0.283. The standard InChI is InChI=1S/C14H22N2O3S/c1-14(2,3)11-8-20-12(15-11)7-16-6-9(17)5-10(16)13(18)19-4/h8-10,17H,5-7H2,1-4H3/t9-,10-/m0/s1. The van der Waals surface area contributed by atoms with Crippen molar-refractivity contribution >= 4 is 17.3 Å². The SMILES string of the molecule is COC(=O)[C@@H]1C[C@H](O)CN1Cc1nc(C(C)(C)C)cs1. The van der Waals surface area contributed by atoms with Gasteiger partial charge in [0.05, 0.1) is 25.5 Å². The summed E-state index contributed by atoms with van der Waals surface area (Å²) in [6.07, 6.45) is -0.0365. The number of methoxy groups -OCH3 is 1. The average molecular weight is 298 g/mol. The molecule has 0 radical (unpaired) electrons. The van der Waals surface area contributed by atoms with Gasteiger partial charge in [0.2, 0.25) is 0 Å². The fourth-order valence-corrected chi connectivity index (χ4v) is 3.38. The van der Waals surface area contributed by atoms with E-state index in [0.717, 1.165) is 10.7 Å². The van der Waals surface area contributed by atoms with E-state index in [1.54, 1.807) is 11.3 Å². The molecule has 0 amide bonds. The number of aliphatic hydroxyl groups is 1. The summed E-state index contributed by atoms with van der Waals surface area (Å²) in [5.41, 5.74) is 1.09. The summed E-state index contributed by atoms with van der Waals surface area (Å²) in [7, 11) is 1.38. The van der Waals surface area contributed by atoms with Crippen LogP contribution in [0, 0.1) is 0 Å². The van der Waals surface area contributed by atoms with Crippen LogP contribution in [0.4, 0.5) is 0 Å². The highest BCUT2D eigenvalue weighted by molar-refractivity contribution is 7.09. The van der Waals surface area contributed by atoms with Crippen LogP contribution >= 0.6 is 11.3 Å². The number of nitrogens with zero attached hydrogens (tertiary/aromatic N) is 2. The van der Waals surface area contributed by atoms with Crippen LogP contribution in [0.5, 0.6) is 0 Å². The number of aromatic nitrogens is 1. The first-order valence-electron chi connectivity index (χ1n) is 6.76. The molecule has 1 aliphatic heterocycles. The Kier molecular flexibility index (Phi) is 4.46. The topological polar surface area (TPSA) is 62.7 Å². The molecule has 0 spiro atoms. The molecule has 1 saturated heterocycles. The first-order chi connectivity index (χ1) is 9.31.